The molecule has 3 N–H and O–H groups in total. The summed E-state index contributed by atoms with van der Waals surface area (Å²) in [5, 5.41) is 3.43. The molecule has 0 unspecified atom stereocenters. The molecule has 1 aliphatic rings. The fourth-order valence-corrected chi connectivity index (χ4v) is 1.69. The van der Waals surface area contributed by atoms with Crippen molar-refractivity contribution in [3.63, 3.8) is 0 Å². The van der Waals surface area contributed by atoms with E-state index in [1.54, 1.807) is 7.11 Å². The maximum atomic E-state index is 5.32. The summed E-state index contributed by atoms with van der Waals surface area (Å²) in [6.45, 7) is 4.94. The molecule has 4 heteroatoms. The van der Waals surface area contributed by atoms with Crippen LogP contribution < -0.4 is 11.1 Å². The summed E-state index contributed by atoms with van der Waals surface area (Å²) in [4.78, 5) is 0. The van der Waals surface area contributed by atoms with Gasteiger partial charge in [0.05, 0.1) is 13.2 Å². The Labute approximate surface area is 92.5 Å². The Morgan fingerprint density at radius 3 is 2.67 bits per heavy atom. The number of rotatable bonds is 10. The van der Waals surface area contributed by atoms with E-state index in [2.05, 4.69) is 5.32 Å². The molecule has 0 atom stereocenters. The molecule has 0 radical (unpaired) electrons. The number of hydrogen-bond acceptors (Lipinski definition) is 4. The van der Waals surface area contributed by atoms with Crippen LogP contribution in [0.1, 0.15) is 19.3 Å². The van der Waals surface area contributed by atoms with Crippen molar-refractivity contribution in [1.82, 2.24) is 5.32 Å². The SMILES string of the molecule is COCCC1(CNCCOCCN)CC1. The zero-order chi connectivity index (χ0) is 11.0. The standard InChI is InChI=1S/C11H24N2O2/c1-14-7-4-11(2-3-11)10-13-6-9-15-8-5-12/h13H,2-10,12H2,1H3. The molecule has 1 saturated carbocycles. The average molecular weight is 216 g/mol. The number of nitrogens with one attached hydrogen (secondary N) is 1. The van der Waals surface area contributed by atoms with Crippen LogP contribution in [0.2, 0.25) is 0 Å². The molecule has 90 valence electrons. The molecule has 4 nitrogen and oxygen atoms in total. The highest BCUT2D eigenvalue weighted by atomic mass is 16.5. The van der Waals surface area contributed by atoms with E-state index in [-0.39, 0.29) is 0 Å². The summed E-state index contributed by atoms with van der Waals surface area (Å²) in [5.41, 5.74) is 5.85. The van der Waals surface area contributed by atoms with Gasteiger partial charge in [-0.05, 0) is 24.7 Å². The Balaban J connectivity index is 1.90. The van der Waals surface area contributed by atoms with Crippen molar-refractivity contribution in [3.05, 3.63) is 0 Å². The zero-order valence-corrected chi connectivity index (χ0v) is 9.76. The summed E-state index contributed by atoms with van der Waals surface area (Å²) in [5.74, 6) is 0. The van der Waals surface area contributed by atoms with Gasteiger partial charge in [0, 0.05) is 33.4 Å². The minimum atomic E-state index is 0.532. The predicted molar refractivity (Wildman–Crippen MR) is 60.9 cm³/mol. The minimum Gasteiger partial charge on any atom is -0.385 e. The van der Waals surface area contributed by atoms with E-state index in [1.807, 2.05) is 0 Å². The van der Waals surface area contributed by atoms with Crippen molar-refractivity contribution in [2.45, 2.75) is 19.3 Å². The Hall–Kier alpha value is -0.160. The van der Waals surface area contributed by atoms with Crippen molar-refractivity contribution in [3.8, 4) is 0 Å². The molecule has 1 aliphatic carbocycles. The molecular formula is C11H24N2O2. The van der Waals surface area contributed by atoms with Crippen LogP contribution in [0.3, 0.4) is 0 Å². The van der Waals surface area contributed by atoms with Crippen LogP contribution in [0, 0.1) is 5.41 Å². The number of nitrogens with two attached hydrogens (primary N) is 1. The maximum Gasteiger partial charge on any atom is 0.0591 e. The van der Waals surface area contributed by atoms with Gasteiger partial charge in [-0.25, -0.2) is 0 Å². The van der Waals surface area contributed by atoms with Crippen molar-refractivity contribution >= 4 is 0 Å². The number of ether oxygens (including phenoxy) is 2. The van der Waals surface area contributed by atoms with Gasteiger partial charge in [-0.15, -0.1) is 0 Å². The largest absolute Gasteiger partial charge is 0.385 e. The van der Waals surface area contributed by atoms with E-state index in [0.717, 1.165) is 26.3 Å². The smallest absolute Gasteiger partial charge is 0.0591 e. The summed E-state index contributed by atoms with van der Waals surface area (Å²) >= 11 is 0. The van der Waals surface area contributed by atoms with E-state index in [0.29, 0.717) is 18.6 Å². The monoisotopic (exact) mass is 216 g/mol. The topological polar surface area (TPSA) is 56.5 Å². The predicted octanol–water partition coefficient (Wildman–Crippen LogP) is 0.368. The normalized spacial score (nSPS) is 18.0. The first-order chi connectivity index (χ1) is 7.33. The molecular weight excluding hydrogens is 192 g/mol. The first kappa shape index (κ1) is 12.9. The lowest BCUT2D eigenvalue weighted by atomic mass is 10.0. The third-order valence-electron chi connectivity index (χ3n) is 2.98. The summed E-state index contributed by atoms with van der Waals surface area (Å²) < 4.78 is 10.4. The molecule has 0 spiro atoms. The van der Waals surface area contributed by atoms with Gasteiger partial charge in [-0.2, -0.15) is 0 Å². The number of hydrogen-bond donors (Lipinski definition) is 2. The Morgan fingerprint density at radius 1 is 1.27 bits per heavy atom. The maximum absolute atomic E-state index is 5.32. The molecule has 0 saturated heterocycles. The van der Waals surface area contributed by atoms with E-state index < -0.39 is 0 Å². The lowest BCUT2D eigenvalue weighted by molar-refractivity contribution is 0.139. The average Bonchev–Trinajstić information content (AvgIpc) is 3.01. The van der Waals surface area contributed by atoms with E-state index >= 15 is 0 Å². The second-order valence-electron chi connectivity index (χ2n) is 4.32. The molecule has 0 bridgehead atoms. The highest BCUT2D eigenvalue weighted by Crippen LogP contribution is 2.48. The minimum absolute atomic E-state index is 0.532. The van der Waals surface area contributed by atoms with Crippen molar-refractivity contribution < 1.29 is 9.47 Å². The molecule has 0 aliphatic heterocycles. The van der Waals surface area contributed by atoms with Crippen LogP contribution in [0.4, 0.5) is 0 Å². The van der Waals surface area contributed by atoms with E-state index in [4.69, 9.17) is 15.2 Å². The molecule has 0 aromatic rings. The quantitative estimate of drug-likeness (QED) is 0.518. The highest BCUT2D eigenvalue weighted by Gasteiger charge is 2.41. The number of methoxy groups -OCH3 is 1. The van der Waals surface area contributed by atoms with Crippen LogP contribution in [0.15, 0.2) is 0 Å². The molecule has 0 amide bonds. The van der Waals surface area contributed by atoms with Crippen molar-refractivity contribution in [2.24, 2.45) is 11.1 Å². The molecule has 1 rings (SSSR count). The highest BCUT2D eigenvalue weighted by molar-refractivity contribution is 4.94. The molecule has 15 heavy (non-hydrogen) atoms. The second-order valence-corrected chi connectivity index (χ2v) is 4.32. The molecule has 0 heterocycles. The summed E-state index contributed by atoms with van der Waals surface area (Å²) in [7, 11) is 1.77. The van der Waals surface area contributed by atoms with Crippen LogP contribution >= 0.6 is 0 Å². The third kappa shape index (κ3) is 5.47. The van der Waals surface area contributed by atoms with Crippen LogP contribution in [-0.4, -0.2) is 46.6 Å². The second kappa shape index (κ2) is 7.17. The van der Waals surface area contributed by atoms with Gasteiger partial charge in [0.2, 0.25) is 0 Å². The fraction of sp³-hybridized carbons (Fsp3) is 1.00. The zero-order valence-electron chi connectivity index (χ0n) is 9.76. The molecule has 0 aromatic carbocycles. The van der Waals surface area contributed by atoms with Crippen molar-refractivity contribution in [2.75, 3.05) is 46.6 Å². The summed E-state index contributed by atoms with van der Waals surface area (Å²) in [6, 6.07) is 0. The Kier molecular flexibility index (Phi) is 6.17. The molecule has 1 fully saturated rings. The lowest BCUT2D eigenvalue weighted by Gasteiger charge is -2.15. The first-order valence-corrected chi connectivity index (χ1v) is 5.80. The van der Waals surface area contributed by atoms with Gasteiger partial charge in [0.25, 0.3) is 0 Å². The van der Waals surface area contributed by atoms with Gasteiger partial charge < -0.3 is 20.5 Å². The van der Waals surface area contributed by atoms with Gasteiger partial charge in [-0.3, -0.25) is 0 Å². The van der Waals surface area contributed by atoms with E-state index in [9.17, 15) is 0 Å². The third-order valence-corrected chi connectivity index (χ3v) is 2.98. The van der Waals surface area contributed by atoms with Crippen LogP contribution in [0.25, 0.3) is 0 Å². The van der Waals surface area contributed by atoms with Gasteiger partial charge in [-0.1, -0.05) is 0 Å². The van der Waals surface area contributed by atoms with Crippen LogP contribution in [-0.2, 0) is 9.47 Å². The van der Waals surface area contributed by atoms with Crippen molar-refractivity contribution in [1.29, 1.82) is 0 Å². The van der Waals surface area contributed by atoms with Gasteiger partial charge in [0.1, 0.15) is 0 Å². The van der Waals surface area contributed by atoms with Gasteiger partial charge >= 0.3 is 0 Å². The molecule has 0 aromatic heterocycles. The van der Waals surface area contributed by atoms with E-state index in [1.165, 1.54) is 19.3 Å². The lowest BCUT2D eigenvalue weighted by Crippen LogP contribution is -2.28. The Bertz CT molecular complexity index is 161. The first-order valence-electron chi connectivity index (χ1n) is 5.80. The Morgan fingerprint density at radius 2 is 2.07 bits per heavy atom. The van der Waals surface area contributed by atoms with Gasteiger partial charge in [0.15, 0.2) is 0 Å². The summed E-state index contributed by atoms with van der Waals surface area (Å²) in [6.07, 6.45) is 3.86. The van der Waals surface area contributed by atoms with Crippen LogP contribution in [0.5, 0.6) is 0 Å². The fourth-order valence-electron chi connectivity index (χ4n) is 1.69.